The number of hydrogen-bond acceptors (Lipinski definition) is 0. The molecule has 18 heavy (non-hydrogen) atoms. The molecule has 0 aliphatic carbocycles. The summed E-state index contributed by atoms with van der Waals surface area (Å²) in [4.78, 5) is 0. The molecule has 0 aromatic heterocycles. The summed E-state index contributed by atoms with van der Waals surface area (Å²) in [7, 11) is 0. The Morgan fingerprint density at radius 3 is 2.28 bits per heavy atom. The van der Waals surface area contributed by atoms with Gasteiger partial charge in [0.25, 0.3) is 0 Å². The smallest absolute Gasteiger partial charge is 0.126 e. The fraction of sp³-hybridized carbons (Fsp3) is 0.647. The summed E-state index contributed by atoms with van der Waals surface area (Å²) in [5, 5.41) is 0. The summed E-state index contributed by atoms with van der Waals surface area (Å²) >= 11 is 0. The van der Waals surface area contributed by atoms with Gasteiger partial charge in [0.1, 0.15) is 5.82 Å². The van der Waals surface area contributed by atoms with Crippen LogP contribution < -0.4 is 0 Å². The first-order valence-electron chi connectivity index (χ1n) is 7.20. The van der Waals surface area contributed by atoms with Crippen LogP contribution in [0, 0.1) is 17.7 Å². The minimum atomic E-state index is -0.0655. The normalized spacial score (nSPS) is 13.3. The quantitative estimate of drug-likeness (QED) is 0.619. The highest BCUT2D eigenvalue weighted by Crippen LogP contribution is 2.22. The molecule has 1 rings (SSSR count). The van der Waals surface area contributed by atoms with Gasteiger partial charge in [0.2, 0.25) is 0 Å². The van der Waals surface area contributed by atoms with Crippen molar-refractivity contribution < 1.29 is 4.39 Å². The minimum absolute atomic E-state index is 0.0655. The number of aryl methyl sites for hydroxylation is 1. The van der Waals surface area contributed by atoms with Crippen LogP contribution in [-0.4, -0.2) is 0 Å². The lowest BCUT2D eigenvalue weighted by Gasteiger charge is -2.15. The van der Waals surface area contributed by atoms with Crippen LogP contribution in [0.25, 0.3) is 0 Å². The van der Waals surface area contributed by atoms with Crippen LogP contribution in [-0.2, 0) is 6.42 Å². The maximum Gasteiger partial charge on any atom is 0.126 e. The van der Waals surface area contributed by atoms with Crippen LogP contribution in [0.4, 0.5) is 4.39 Å². The van der Waals surface area contributed by atoms with Crippen molar-refractivity contribution in [2.75, 3.05) is 0 Å². The van der Waals surface area contributed by atoms with E-state index in [1.54, 1.807) is 6.07 Å². The lowest BCUT2D eigenvalue weighted by molar-refractivity contribution is 0.382. The van der Waals surface area contributed by atoms with E-state index in [2.05, 4.69) is 20.8 Å². The third-order valence-electron chi connectivity index (χ3n) is 3.95. The van der Waals surface area contributed by atoms with Gasteiger partial charge in [-0.25, -0.2) is 4.39 Å². The molecule has 0 saturated carbocycles. The van der Waals surface area contributed by atoms with Crippen LogP contribution in [0.3, 0.4) is 0 Å². The third kappa shape index (κ3) is 4.44. The molecule has 0 heterocycles. The fourth-order valence-electron chi connectivity index (χ4n) is 2.15. The van der Waals surface area contributed by atoms with Gasteiger partial charge in [-0.15, -0.1) is 0 Å². The lowest BCUT2D eigenvalue weighted by Crippen LogP contribution is -2.04. The van der Waals surface area contributed by atoms with E-state index in [4.69, 9.17) is 0 Å². The van der Waals surface area contributed by atoms with Gasteiger partial charge in [0, 0.05) is 0 Å². The Balaban J connectivity index is 2.55. The summed E-state index contributed by atoms with van der Waals surface area (Å²) in [6.07, 6.45) is 3.52. The zero-order valence-corrected chi connectivity index (χ0v) is 12.5. The summed E-state index contributed by atoms with van der Waals surface area (Å²) in [6, 6.07) is 5.60. The highest BCUT2D eigenvalue weighted by Gasteiger charge is 2.09. The average Bonchev–Trinajstić information content (AvgIpc) is 2.30. The molecule has 0 amide bonds. The standard InChI is InChI=1S/C17H27F/c1-12(2)14(5)7-6-8-15-9-10-17(18)16(11-15)13(3)4/h9-14H,6-8H2,1-5H3. The molecule has 0 aliphatic heterocycles. The molecule has 0 N–H and O–H groups in total. The number of rotatable bonds is 6. The molecule has 0 aliphatic rings. The molecule has 1 aromatic carbocycles. The first-order valence-corrected chi connectivity index (χ1v) is 7.20. The maximum atomic E-state index is 13.6. The predicted molar refractivity (Wildman–Crippen MR) is 77.4 cm³/mol. The van der Waals surface area contributed by atoms with Gasteiger partial charge in [-0.05, 0) is 47.8 Å². The Kier molecular flexibility index (Phi) is 5.84. The van der Waals surface area contributed by atoms with Crippen LogP contribution in [0.5, 0.6) is 0 Å². The zero-order chi connectivity index (χ0) is 13.7. The van der Waals surface area contributed by atoms with E-state index in [1.165, 1.54) is 18.4 Å². The van der Waals surface area contributed by atoms with Gasteiger partial charge < -0.3 is 0 Å². The monoisotopic (exact) mass is 250 g/mol. The number of benzene rings is 1. The summed E-state index contributed by atoms with van der Waals surface area (Å²) in [5.41, 5.74) is 2.13. The molecule has 1 unspecified atom stereocenters. The molecule has 0 bridgehead atoms. The Bertz CT molecular complexity index is 366. The Morgan fingerprint density at radius 2 is 1.72 bits per heavy atom. The van der Waals surface area contributed by atoms with Crippen molar-refractivity contribution >= 4 is 0 Å². The Hall–Kier alpha value is -0.850. The lowest BCUT2D eigenvalue weighted by atomic mass is 9.91. The van der Waals surface area contributed by atoms with E-state index in [9.17, 15) is 4.39 Å². The van der Waals surface area contributed by atoms with Crippen molar-refractivity contribution in [2.24, 2.45) is 11.8 Å². The molecule has 1 aromatic rings. The van der Waals surface area contributed by atoms with E-state index < -0.39 is 0 Å². The highest BCUT2D eigenvalue weighted by atomic mass is 19.1. The first kappa shape index (κ1) is 15.2. The molecule has 1 heteroatoms. The predicted octanol–water partition coefficient (Wildman–Crippen LogP) is 5.56. The van der Waals surface area contributed by atoms with Gasteiger partial charge in [0.05, 0.1) is 0 Å². The fourth-order valence-corrected chi connectivity index (χ4v) is 2.15. The molecule has 0 radical (unpaired) electrons. The SMILES string of the molecule is CC(C)c1cc(CCCC(C)C(C)C)ccc1F. The van der Waals surface area contributed by atoms with Crippen molar-refractivity contribution in [2.45, 2.75) is 59.8 Å². The Morgan fingerprint density at radius 1 is 1.06 bits per heavy atom. The maximum absolute atomic E-state index is 13.6. The summed E-state index contributed by atoms with van der Waals surface area (Å²) in [5.74, 6) is 1.73. The van der Waals surface area contributed by atoms with Gasteiger partial charge in [0.15, 0.2) is 0 Å². The van der Waals surface area contributed by atoms with Crippen LogP contribution >= 0.6 is 0 Å². The topological polar surface area (TPSA) is 0 Å². The highest BCUT2D eigenvalue weighted by molar-refractivity contribution is 5.27. The van der Waals surface area contributed by atoms with E-state index in [-0.39, 0.29) is 11.7 Å². The van der Waals surface area contributed by atoms with E-state index in [0.29, 0.717) is 0 Å². The third-order valence-corrected chi connectivity index (χ3v) is 3.95. The van der Waals surface area contributed by atoms with E-state index in [1.807, 2.05) is 26.0 Å². The van der Waals surface area contributed by atoms with E-state index >= 15 is 0 Å². The molecular formula is C17H27F. The molecule has 0 nitrogen and oxygen atoms in total. The van der Waals surface area contributed by atoms with Gasteiger partial charge >= 0.3 is 0 Å². The van der Waals surface area contributed by atoms with Crippen LogP contribution in [0.1, 0.15) is 64.5 Å². The van der Waals surface area contributed by atoms with Crippen LogP contribution in [0.2, 0.25) is 0 Å². The molecular weight excluding hydrogens is 223 g/mol. The van der Waals surface area contributed by atoms with E-state index in [0.717, 1.165) is 23.8 Å². The van der Waals surface area contributed by atoms with Gasteiger partial charge in [-0.1, -0.05) is 53.2 Å². The van der Waals surface area contributed by atoms with Crippen molar-refractivity contribution in [3.63, 3.8) is 0 Å². The van der Waals surface area contributed by atoms with Gasteiger partial charge in [-0.2, -0.15) is 0 Å². The molecule has 0 spiro atoms. The number of halogens is 1. The Labute approximate surface area is 112 Å². The van der Waals surface area contributed by atoms with Crippen LogP contribution in [0.15, 0.2) is 18.2 Å². The second-order valence-electron chi connectivity index (χ2n) is 6.12. The number of hydrogen-bond donors (Lipinski definition) is 0. The summed E-state index contributed by atoms with van der Waals surface area (Å²) in [6.45, 7) is 11.0. The van der Waals surface area contributed by atoms with Crippen molar-refractivity contribution in [1.29, 1.82) is 0 Å². The largest absolute Gasteiger partial charge is 0.207 e. The van der Waals surface area contributed by atoms with Gasteiger partial charge in [-0.3, -0.25) is 0 Å². The van der Waals surface area contributed by atoms with Crippen molar-refractivity contribution in [1.82, 2.24) is 0 Å². The average molecular weight is 250 g/mol. The zero-order valence-electron chi connectivity index (χ0n) is 12.5. The molecule has 1 atom stereocenters. The second-order valence-corrected chi connectivity index (χ2v) is 6.12. The molecule has 0 fully saturated rings. The summed E-state index contributed by atoms with van der Waals surface area (Å²) < 4.78 is 13.6. The minimum Gasteiger partial charge on any atom is -0.207 e. The van der Waals surface area contributed by atoms with Crippen molar-refractivity contribution in [3.8, 4) is 0 Å². The molecule has 102 valence electrons. The van der Waals surface area contributed by atoms with Crippen molar-refractivity contribution in [3.05, 3.63) is 35.1 Å². The second kappa shape index (κ2) is 6.92. The first-order chi connectivity index (χ1) is 8.41. The molecule has 0 saturated heterocycles.